The first-order chi connectivity index (χ1) is 16.5. The Kier molecular flexibility index (Phi) is 5.94. The first-order valence-corrected chi connectivity index (χ1v) is 11.3. The van der Waals surface area contributed by atoms with Crippen LogP contribution in [0.25, 0.3) is 0 Å². The Labute approximate surface area is 197 Å². The van der Waals surface area contributed by atoms with E-state index in [0.29, 0.717) is 37.3 Å². The Hall–Kier alpha value is -3.84. The van der Waals surface area contributed by atoms with Gasteiger partial charge in [-0.2, -0.15) is 0 Å². The van der Waals surface area contributed by atoms with Crippen molar-refractivity contribution in [3.8, 4) is 0 Å². The van der Waals surface area contributed by atoms with Gasteiger partial charge in [0.25, 0.3) is 5.91 Å². The summed E-state index contributed by atoms with van der Waals surface area (Å²) in [6.45, 7) is 2.66. The fraction of sp³-hybridized carbons (Fsp3) is 0.222. The summed E-state index contributed by atoms with van der Waals surface area (Å²) in [5.74, 6) is -1.09. The number of imide groups is 1. The number of nitrogens with zero attached hydrogens (tertiary/aromatic N) is 3. The lowest BCUT2D eigenvalue weighted by atomic mass is 10.0. The van der Waals surface area contributed by atoms with Gasteiger partial charge in [0.05, 0.1) is 18.2 Å². The number of halogens is 1. The van der Waals surface area contributed by atoms with Gasteiger partial charge in [-0.3, -0.25) is 19.3 Å². The van der Waals surface area contributed by atoms with Crippen molar-refractivity contribution in [3.05, 3.63) is 95.8 Å². The minimum absolute atomic E-state index is 0.00997. The highest BCUT2D eigenvalue weighted by atomic mass is 19.1. The van der Waals surface area contributed by atoms with Gasteiger partial charge in [-0.05, 0) is 42.5 Å². The molecular formula is C27H24FN3O3. The molecular weight excluding hydrogens is 433 g/mol. The largest absolute Gasteiger partial charge is 0.369 e. The molecule has 0 radical (unpaired) electrons. The second-order valence-corrected chi connectivity index (χ2v) is 8.53. The Balaban J connectivity index is 1.22. The fourth-order valence-corrected chi connectivity index (χ4v) is 4.66. The van der Waals surface area contributed by atoms with Crippen LogP contribution in [0.15, 0.2) is 78.9 Å². The van der Waals surface area contributed by atoms with E-state index < -0.39 is 11.9 Å². The molecule has 0 spiro atoms. The molecule has 0 unspecified atom stereocenters. The molecule has 6 nitrogen and oxygen atoms in total. The molecule has 7 heteroatoms. The third-order valence-electron chi connectivity index (χ3n) is 6.47. The molecule has 3 aromatic rings. The molecule has 0 bridgehead atoms. The lowest BCUT2D eigenvalue weighted by molar-refractivity contribution is -0.123. The Morgan fingerprint density at radius 3 is 2.12 bits per heavy atom. The van der Waals surface area contributed by atoms with Crippen LogP contribution < -0.4 is 9.80 Å². The number of benzene rings is 3. The number of carbonyl (C=O) groups excluding carboxylic acids is 3. The molecule has 2 fully saturated rings. The summed E-state index contributed by atoms with van der Waals surface area (Å²) in [6.07, 6.45) is 0.103. The summed E-state index contributed by atoms with van der Waals surface area (Å²) in [5, 5.41) is 0. The normalized spacial score (nSPS) is 19.0. The van der Waals surface area contributed by atoms with Crippen LogP contribution in [0.4, 0.5) is 15.8 Å². The predicted molar refractivity (Wildman–Crippen MR) is 127 cm³/mol. The van der Waals surface area contributed by atoms with Crippen LogP contribution in [-0.4, -0.2) is 54.7 Å². The van der Waals surface area contributed by atoms with Crippen molar-refractivity contribution in [3.63, 3.8) is 0 Å². The maximum atomic E-state index is 13.6. The highest BCUT2D eigenvalue weighted by Crippen LogP contribution is 2.27. The van der Waals surface area contributed by atoms with Crippen molar-refractivity contribution in [2.75, 3.05) is 36.0 Å². The van der Waals surface area contributed by atoms with Crippen molar-refractivity contribution in [1.82, 2.24) is 4.90 Å². The van der Waals surface area contributed by atoms with Gasteiger partial charge < -0.3 is 4.90 Å². The van der Waals surface area contributed by atoms with Crippen LogP contribution in [0.2, 0.25) is 0 Å². The van der Waals surface area contributed by atoms with Crippen molar-refractivity contribution < 1.29 is 18.8 Å². The molecule has 2 saturated heterocycles. The number of rotatable bonds is 5. The fourth-order valence-electron chi connectivity index (χ4n) is 4.66. The standard InChI is InChI=1S/C27H24FN3O3/c28-21-7-4-8-23(17-21)31-25(32)18-24(27(31)34)30-15-13-29(14-16-30)22-11-9-20(10-12-22)26(33)19-5-2-1-3-6-19/h1-12,17,24H,13-16,18H2/t24-/m1/s1. The summed E-state index contributed by atoms with van der Waals surface area (Å²) in [7, 11) is 0. The zero-order valence-electron chi connectivity index (χ0n) is 18.6. The topological polar surface area (TPSA) is 60.9 Å². The van der Waals surface area contributed by atoms with Gasteiger partial charge in [0.1, 0.15) is 5.82 Å². The van der Waals surface area contributed by atoms with Crippen LogP contribution in [0.3, 0.4) is 0 Å². The zero-order chi connectivity index (χ0) is 23.7. The Morgan fingerprint density at radius 2 is 1.44 bits per heavy atom. The molecule has 0 aliphatic carbocycles. The van der Waals surface area contributed by atoms with Crippen LogP contribution in [0, 0.1) is 5.82 Å². The van der Waals surface area contributed by atoms with Gasteiger partial charge in [-0.1, -0.05) is 36.4 Å². The van der Waals surface area contributed by atoms with E-state index in [-0.39, 0.29) is 29.7 Å². The van der Waals surface area contributed by atoms with Gasteiger partial charge in [-0.25, -0.2) is 9.29 Å². The number of carbonyl (C=O) groups is 3. The van der Waals surface area contributed by atoms with Crippen LogP contribution in [-0.2, 0) is 9.59 Å². The van der Waals surface area contributed by atoms with E-state index >= 15 is 0 Å². The zero-order valence-corrected chi connectivity index (χ0v) is 18.6. The van der Waals surface area contributed by atoms with Crippen molar-refractivity contribution in [1.29, 1.82) is 0 Å². The van der Waals surface area contributed by atoms with E-state index in [1.807, 2.05) is 47.4 Å². The summed E-state index contributed by atoms with van der Waals surface area (Å²) >= 11 is 0. The average molecular weight is 458 g/mol. The maximum absolute atomic E-state index is 13.6. The third kappa shape index (κ3) is 4.22. The highest BCUT2D eigenvalue weighted by Gasteiger charge is 2.43. The average Bonchev–Trinajstić information content (AvgIpc) is 3.18. The quantitative estimate of drug-likeness (QED) is 0.434. The van der Waals surface area contributed by atoms with E-state index in [9.17, 15) is 18.8 Å². The Morgan fingerprint density at radius 1 is 0.765 bits per heavy atom. The molecule has 0 saturated carbocycles. The van der Waals surface area contributed by atoms with E-state index in [4.69, 9.17) is 0 Å². The van der Waals surface area contributed by atoms with Crippen molar-refractivity contribution in [2.45, 2.75) is 12.5 Å². The molecule has 2 amide bonds. The van der Waals surface area contributed by atoms with Crippen LogP contribution >= 0.6 is 0 Å². The van der Waals surface area contributed by atoms with Gasteiger partial charge in [0, 0.05) is 43.0 Å². The molecule has 1 atom stereocenters. The molecule has 34 heavy (non-hydrogen) atoms. The molecule has 0 N–H and O–H groups in total. The SMILES string of the molecule is O=C(c1ccccc1)c1ccc(N2CCN([C@@H]3CC(=O)N(c4cccc(F)c4)C3=O)CC2)cc1. The van der Waals surface area contributed by atoms with E-state index in [1.165, 1.54) is 18.2 Å². The van der Waals surface area contributed by atoms with E-state index in [2.05, 4.69) is 4.90 Å². The molecule has 3 aromatic carbocycles. The third-order valence-corrected chi connectivity index (χ3v) is 6.47. The number of hydrogen-bond donors (Lipinski definition) is 0. The number of piperazine rings is 1. The summed E-state index contributed by atoms with van der Waals surface area (Å²) < 4.78 is 13.6. The molecule has 5 rings (SSSR count). The van der Waals surface area contributed by atoms with Crippen LogP contribution in [0.5, 0.6) is 0 Å². The van der Waals surface area contributed by atoms with Gasteiger partial charge in [-0.15, -0.1) is 0 Å². The molecule has 2 aliphatic rings. The minimum atomic E-state index is -0.524. The van der Waals surface area contributed by atoms with E-state index in [1.54, 1.807) is 18.2 Å². The number of ketones is 1. The van der Waals surface area contributed by atoms with E-state index in [0.717, 1.165) is 10.6 Å². The summed E-state index contributed by atoms with van der Waals surface area (Å²) in [4.78, 5) is 43.5. The number of hydrogen-bond acceptors (Lipinski definition) is 5. The smallest absolute Gasteiger partial charge is 0.251 e. The van der Waals surface area contributed by atoms with Gasteiger partial charge in [0.2, 0.25) is 5.91 Å². The first-order valence-electron chi connectivity index (χ1n) is 11.3. The van der Waals surface area contributed by atoms with Gasteiger partial charge in [0.15, 0.2) is 5.78 Å². The molecule has 2 aliphatic heterocycles. The second kappa shape index (κ2) is 9.19. The second-order valence-electron chi connectivity index (χ2n) is 8.53. The molecule has 0 aromatic heterocycles. The summed E-state index contributed by atoms with van der Waals surface area (Å²) in [6, 6.07) is 21.8. The monoisotopic (exact) mass is 457 g/mol. The number of anilines is 2. The van der Waals surface area contributed by atoms with Crippen LogP contribution in [0.1, 0.15) is 22.3 Å². The predicted octanol–water partition coefficient (Wildman–Crippen LogP) is 3.51. The maximum Gasteiger partial charge on any atom is 0.251 e. The van der Waals surface area contributed by atoms with Crippen molar-refractivity contribution >= 4 is 29.0 Å². The highest BCUT2D eigenvalue weighted by molar-refractivity contribution is 6.22. The lowest BCUT2D eigenvalue weighted by Gasteiger charge is -2.38. The van der Waals surface area contributed by atoms with Gasteiger partial charge >= 0.3 is 0 Å². The summed E-state index contributed by atoms with van der Waals surface area (Å²) in [5.41, 5.74) is 2.59. The Bertz CT molecular complexity index is 1220. The lowest BCUT2D eigenvalue weighted by Crippen LogP contribution is -2.52. The molecule has 172 valence electrons. The molecule has 2 heterocycles. The van der Waals surface area contributed by atoms with Crippen molar-refractivity contribution in [2.24, 2.45) is 0 Å². The number of amides is 2. The first kappa shape index (κ1) is 22.0. The minimum Gasteiger partial charge on any atom is -0.369 e.